The fraction of sp³-hybridized carbons (Fsp3) is 0.658. The summed E-state index contributed by atoms with van der Waals surface area (Å²) in [5, 5.41) is 31.8. The van der Waals surface area contributed by atoms with Crippen LogP contribution in [0, 0.1) is 95.4 Å². The van der Waals surface area contributed by atoms with Gasteiger partial charge in [0, 0.05) is 152 Å². The number of anilines is 1. The maximum absolute atomic E-state index is 10.4. The number of hydrogen-bond donors (Lipinski definition) is 4. The Kier molecular flexibility index (Phi) is 35.0. The summed E-state index contributed by atoms with van der Waals surface area (Å²) in [6, 6.07) is -0.656. The number of hydrogen-bond acceptors (Lipinski definition) is 35. The summed E-state index contributed by atoms with van der Waals surface area (Å²) in [7, 11) is -1.07. The second-order valence-corrected chi connectivity index (χ2v) is 35.3. The molecular formula is C73H110AcB3N33O10P3S3. The van der Waals surface area contributed by atoms with E-state index in [4.69, 9.17) is 69.5 Å². The normalized spacial score (nSPS) is 28.0. The molecule has 10 aromatic rings. The Labute approximate surface area is 799 Å². The fourth-order valence-corrected chi connectivity index (χ4v) is 18.3. The molecule has 53 heteroatoms. The smallest absolute Gasteiger partial charge is 0.167 e. The average molecular weight is 2070 g/mol. The van der Waals surface area contributed by atoms with Crippen LogP contribution in [-0.2, 0) is 41.0 Å². The van der Waals surface area contributed by atoms with Crippen LogP contribution in [-0.4, -0.2) is 269 Å². The summed E-state index contributed by atoms with van der Waals surface area (Å²) in [6.45, 7) is 31.9. The van der Waals surface area contributed by atoms with Crippen molar-refractivity contribution in [1.82, 2.24) is 113 Å². The first-order chi connectivity index (χ1) is 64.6. The monoisotopic (exact) mass is 2070 g/mol. The molecule has 4 N–H and O–H groups in total. The first-order valence-corrected chi connectivity index (χ1v) is 47.3. The third-order valence-electron chi connectivity index (χ3n) is 22.2. The molecule has 0 spiro atoms. The molecule has 126 heavy (non-hydrogen) atoms. The largest absolute Gasteiger partial charge is 0.388 e. The van der Waals surface area contributed by atoms with E-state index in [0.29, 0.717) is 97.6 Å². The van der Waals surface area contributed by atoms with Gasteiger partial charge in [-0.1, -0.05) is 86.6 Å². The third kappa shape index (κ3) is 23.7. The van der Waals surface area contributed by atoms with E-state index in [0.717, 1.165) is 103 Å². The Morgan fingerprint density at radius 3 is 1.20 bits per heavy atom. The number of imidazole rings is 5. The molecule has 15 rings (SSSR count). The van der Waals surface area contributed by atoms with E-state index in [1.54, 1.807) is 47.1 Å². The van der Waals surface area contributed by atoms with Crippen LogP contribution in [0.25, 0.3) is 87.1 Å². The van der Waals surface area contributed by atoms with E-state index < -0.39 is 77.9 Å². The third-order valence-corrected chi connectivity index (χ3v) is 24.9. The summed E-state index contributed by atoms with van der Waals surface area (Å²) >= 11 is 2.82. The van der Waals surface area contributed by atoms with E-state index in [2.05, 4.69) is 174 Å². The van der Waals surface area contributed by atoms with Crippen molar-refractivity contribution in [3.05, 3.63) is 117 Å². The average Bonchev–Trinajstić information content (AvgIpc) is 1.64. The number of aliphatic hydroxyl groups is 1. The number of nitrogens with one attached hydrogen (secondary N) is 3. The number of aromatic nitrogens is 20. The van der Waals surface area contributed by atoms with E-state index >= 15 is 0 Å². The Hall–Kier alpha value is -6.06. The quantitative estimate of drug-likeness (QED) is 0.00539. The number of fused-ring (bicyclic) bond motifs is 5. The van der Waals surface area contributed by atoms with Gasteiger partial charge in [-0.25, -0.2) is 74.8 Å². The van der Waals surface area contributed by atoms with Crippen molar-refractivity contribution in [2.75, 3.05) is 51.4 Å². The minimum atomic E-state index is -1.44. The zero-order valence-corrected chi connectivity index (χ0v) is 82.1. The molecule has 5 aliphatic rings. The predicted octanol–water partition coefficient (Wildman–Crippen LogP) is 11.3. The number of aliphatic hydroxyl groups excluding tert-OH is 1. The van der Waals surface area contributed by atoms with Gasteiger partial charge in [-0.05, 0) is 109 Å². The molecule has 0 aromatic carbocycles. The van der Waals surface area contributed by atoms with Crippen LogP contribution in [0.1, 0.15) is 154 Å². The van der Waals surface area contributed by atoms with Crippen LogP contribution >= 0.6 is 57.8 Å². The minimum absolute atomic E-state index is 0. The number of nitrogens with zero attached hydrogens (tertiary/aromatic N) is 30. The topological polar surface area (TPSA) is 507 Å². The number of aryl methyl sites for hydroxylation is 4. The summed E-state index contributed by atoms with van der Waals surface area (Å²) in [5.74, 6) is 0.502. The number of likely N-dealkylation sites (N-methyl/N-ethyl adjacent to an activating group) is 2. The zero-order valence-electron chi connectivity index (χ0n) is 81.2. The van der Waals surface area contributed by atoms with E-state index in [1.165, 1.54) is 25.3 Å². The number of azide groups is 3. The molecule has 5 fully saturated rings. The zero-order chi connectivity index (χ0) is 96.6. The molecule has 0 saturated carbocycles. The molecule has 5 aliphatic heterocycles. The standard InChI is InChI=1S/C22H38N6O2.C14H22BN5O2PS.C13H19BN8O2PS.C12H16BN7O2PS.C12H15N7O2.Ac/c1-9-23-19-15(6)22(27-12-26-20-16(7)24-11-25-21(20)27)30-18(19)10-29-17(8)28(13(2)3)14(4)5;1-4-16-11-8(2)14(22-10(11)5-21-24-23-15)20-7-19-12-9(3)17-6-18-13(12)20;1-3-16-11-10-12(18-5-17-11)22(6-19-10)13-7(2)9(20-21-15)8(24-13)4-23-26-25-14;1-6-9(18-19-14)8(3-21-24-23-13)22-12(6)20-5-17-10-7(2)15-4-16-11(10)20;1-3-7-9(17-18-13)10(20)12(21-7)19-5-16-8-6(2)14-4-15-11(8)19;/h11-15,17-19,22-23H,9-10H2,1-8H3;6-8,10-11,14-16,23H,4-5H2,1-3H3;5-9,13-14,25H,3-4H2,1-2H3,(H,16,17,18);4-6,8-9,12-13,23H,3H2,1-2H3;4-5,7,9-10,12,20H,3H2,1-2H3;/t15?,17?,18-,19-,22-;8?,10-,11-,14-,23?;7?,8-,9-,13-,25?;6?,8-,9-,12-,23?;7-,9+,10?,12-;/m11111./s1/i1T;1T,15T,23D;1T,14T,25D;13T,23D;;. The van der Waals surface area contributed by atoms with Gasteiger partial charge in [0.1, 0.15) is 120 Å². The van der Waals surface area contributed by atoms with Crippen LogP contribution in [0.15, 0.2) is 78.6 Å². The van der Waals surface area contributed by atoms with Gasteiger partial charge in [-0.3, -0.25) is 27.7 Å². The Bertz CT molecular complexity index is 5560. The van der Waals surface area contributed by atoms with Gasteiger partial charge in [0.15, 0.2) is 45.8 Å². The molecule has 24 atom stereocenters. The van der Waals surface area contributed by atoms with E-state index in [-0.39, 0.29) is 144 Å². The van der Waals surface area contributed by atoms with Crippen molar-refractivity contribution in [2.45, 2.75) is 240 Å². The molecule has 9 unspecified atom stereocenters. The van der Waals surface area contributed by atoms with Crippen LogP contribution in [0.2, 0.25) is 0 Å². The number of ether oxygens (including phenoxy) is 6. The number of rotatable bonds is 36. The van der Waals surface area contributed by atoms with Crippen LogP contribution in [0.4, 0.5) is 5.82 Å². The molecule has 5 saturated heterocycles. The Balaban J connectivity index is 0.000000175. The summed E-state index contributed by atoms with van der Waals surface area (Å²) in [5.41, 5.74) is 36.5. The first-order valence-electron chi connectivity index (χ1n) is 45.5. The maximum Gasteiger partial charge on any atom is 0.167 e. The molecule has 10 aromatic heterocycles. The summed E-state index contributed by atoms with van der Waals surface area (Å²) < 4.78 is 129. The van der Waals surface area contributed by atoms with Crippen LogP contribution in [0.3, 0.4) is 0 Å². The second-order valence-electron chi connectivity index (χ2n) is 30.3. The van der Waals surface area contributed by atoms with Gasteiger partial charge in [0.2, 0.25) is 0 Å². The van der Waals surface area contributed by atoms with Crippen molar-refractivity contribution in [3.8, 4) is 0 Å². The minimum Gasteiger partial charge on any atom is -0.388 e. The van der Waals surface area contributed by atoms with Gasteiger partial charge in [-0.2, -0.15) is 0 Å². The van der Waals surface area contributed by atoms with Gasteiger partial charge in [0.05, 0.1) is 127 Å². The van der Waals surface area contributed by atoms with Crippen molar-refractivity contribution < 1.29 is 94.3 Å². The molecular weight excluding hydrogens is 1950 g/mol. The van der Waals surface area contributed by atoms with Gasteiger partial charge in [-0.15, -0.1) is 0 Å². The second kappa shape index (κ2) is 49.4. The molecule has 15 heterocycles. The molecule has 0 amide bonds. The van der Waals surface area contributed by atoms with Crippen molar-refractivity contribution >= 4 is 142 Å². The van der Waals surface area contributed by atoms with Gasteiger partial charge < -0.3 is 62.0 Å². The predicted molar refractivity (Wildman–Crippen MR) is 491 cm³/mol. The Morgan fingerprint density at radius 1 is 0.492 bits per heavy atom. The maximum atomic E-state index is 10.4. The van der Waals surface area contributed by atoms with Gasteiger partial charge >= 0.3 is 0 Å². The molecule has 43 nitrogen and oxygen atoms in total. The molecule has 4 radical (unpaired) electrons. The van der Waals surface area contributed by atoms with E-state index in [1.807, 2.05) is 62.2 Å². The van der Waals surface area contributed by atoms with Gasteiger partial charge in [0.25, 0.3) is 0 Å². The van der Waals surface area contributed by atoms with Crippen molar-refractivity contribution in [2.24, 2.45) is 39.0 Å². The summed E-state index contributed by atoms with van der Waals surface area (Å²) in [6.07, 6.45) is 11.7. The molecule has 0 aliphatic carbocycles. The van der Waals surface area contributed by atoms with Crippen LogP contribution < -0.4 is 16.0 Å². The Morgan fingerprint density at radius 2 is 0.825 bits per heavy atom. The SMILES string of the molecule is CC[C@H]1O[C@@H](n2cnc3c(C)ncnc32)C(O)[C@H]1N=[N+]=[N-].[2H]P([B][3H])SOC[C@H]1O[C@@H](n2cnc3c(C)ncnc32)C(C)[C@H]1N=[N+]=[N-].[2H]P([B][3H])SOC[C@H]1O[C@@H](n2cnc3c(C)ncnc32)C(C)[C@H]1NCC[3H].[2H]P([B][3H])SOC[C@H]1O[C@@H](n2cnc3c(NCC[3H])ncnc32)C(C)[C@H]1N=[N+]=[N-].[3H]CCN[C@@H]1C(C)[C@H](n2cnc3c(C)ncnc32)O[C@@H]1COC(C)N(C(C)C)C(C)C.[Ac]. The van der Waals surface area contributed by atoms with E-state index in [9.17, 15) is 5.11 Å². The van der Waals surface area contributed by atoms with Crippen molar-refractivity contribution in [1.29, 1.82) is 7.84 Å². The molecule has 0 bridgehead atoms. The van der Waals surface area contributed by atoms with Crippen LogP contribution in [0.5, 0.6) is 0 Å². The first kappa shape index (κ1) is 89.2. The summed E-state index contributed by atoms with van der Waals surface area (Å²) in [4.78, 5) is 75.4. The van der Waals surface area contributed by atoms with Crippen molar-refractivity contribution in [3.63, 3.8) is 0 Å². The molecule has 672 valence electrons. The fourth-order valence-electron chi connectivity index (χ4n) is 16.4.